The normalized spacial score (nSPS) is 17.9. The number of carbonyl (C=O) groups is 3. The molecular weight excluding hydrogens is 354 g/mol. The van der Waals surface area contributed by atoms with Crippen molar-refractivity contribution in [3.63, 3.8) is 0 Å². The third kappa shape index (κ3) is 8.06. The van der Waals surface area contributed by atoms with E-state index < -0.39 is 17.8 Å². The molecule has 1 fully saturated rings. The molecule has 0 unspecified atom stereocenters. The van der Waals surface area contributed by atoms with Crippen LogP contribution in [0.3, 0.4) is 0 Å². The highest BCUT2D eigenvalue weighted by Crippen LogP contribution is 2.03. The van der Waals surface area contributed by atoms with Crippen LogP contribution in [0.15, 0.2) is 36.3 Å². The molecule has 2 aliphatic heterocycles. The molecule has 2 heterocycles. The van der Waals surface area contributed by atoms with Gasteiger partial charge in [0.2, 0.25) is 0 Å². The van der Waals surface area contributed by atoms with Gasteiger partial charge < -0.3 is 24.8 Å². The molecule has 0 atom stereocenters. The summed E-state index contributed by atoms with van der Waals surface area (Å²) < 4.78 is 15.2. The molecule has 1 saturated heterocycles. The van der Waals surface area contributed by atoms with Gasteiger partial charge in [0.1, 0.15) is 12.4 Å². The van der Waals surface area contributed by atoms with Crippen LogP contribution in [-0.2, 0) is 28.6 Å². The lowest BCUT2D eigenvalue weighted by Gasteiger charge is -2.26. The first-order valence-electron chi connectivity index (χ1n) is 8.82. The number of morpholine rings is 1. The minimum absolute atomic E-state index is 0.216. The highest BCUT2D eigenvalue weighted by Gasteiger charge is 2.16. The van der Waals surface area contributed by atoms with E-state index in [-0.39, 0.29) is 12.2 Å². The fraction of sp³-hybridized carbons (Fsp3) is 0.500. The van der Waals surface area contributed by atoms with Gasteiger partial charge in [-0.2, -0.15) is 0 Å². The zero-order chi connectivity index (χ0) is 19.5. The molecule has 0 spiro atoms. The molecule has 2 aliphatic rings. The summed E-state index contributed by atoms with van der Waals surface area (Å²) in [4.78, 5) is 37.0. The Morgan fingerprint density at radius 2 is 1.89 bits per heavy atom. The van der Waals surface area contributed by atoms with Crippen molar-refractivity contribution in [1.82, 2.24) is 15.5 Å². The summed E-state index contributed by atoms with van der Waals surface area (Å²) in [6.07, 6.45) is 5.08. The minimum Gasteiger partial charge on any atom is -0.463 e. The maximum Gasteiger partial charge on any atom is 0.331 e. The van der Waals surface area contributed by atoms with E-state index in [1.54, 1.807) is 0 Å². The van der Waals surface area contributed by atoms with Gasteiger partial charge in [-0.15, -0.1) is 0 Å². The zero-order valence-electron chi connectivity index (χ0n) is 15.2. The minimum atomic E-state index is -0.739. The number of carbonyl (C=O) groups excluding carboxylic acids is 3. The maximum absolute atomic E-state index is 11.6. The summed E-state index contributed by atoms with van der Waals surface area (Å²) in [6, 6.07) is 0. The average molecular weight is 379 g/mol. The first-order chi connectivity index (χ1) is 13.0. The Balaban J connectivity index is 1.55. The molecule has 0 aromatic heterocycles. The highest BCUT2D eigenvalue weighted by molar-refractivity contribution is 5.96. The van der Waals surface area contributed by atoms with Gasteiger partial charge >= 0.3 is 11.9 Å². The Bertz CT molecular complexity index is 623. The van der Waals surface area contributed by atoms with E-state index in [9.17, 15) is 14.4 Å². The SMILES string of the molecule is C=C1NC=C(COC(=O)/C=C/C(=O)OCCCCN2CCOCC2)C(=O)N1. The van der Waals surface area contributed by atoms with E-state index in [2.05, 4.69) is 22.1 Å². The predicted octanol–water partition coefficient (Wildman–Crippen LogP) is -0.184. The van der Waals surface area contributed by atoms with Gasteiger partial charge in [0.25, 0.3) is 5.91 Å². The summed E-state index contributed by atoms with van der Waals surface area (Å²) >= 11 is 0. The van der Waals surface area contributed by atoms with E-state index in [1.807, 2.05) is 0 Å². The van der Waals surface area contributed by atoms with E-state index >= 15 is 0 Å². The van der Waals surface area contributed by atoms with Crippen LogP contribution in [0.5, 0.6) is 0 Å². The number of ether oxygens (including phenoxy) is 3. The van der Waals surface area contributed by atoms with Crippen molar-refractivity contribution >= 4 is 17.8 Å². The Morgan fingerprint density at radius 1 is 1.19 bits per heavy atom. The second-order valence-electron chi connectivity index (χ2n) is 6.02. The third-order valence-corrected chi connectivity index (χ3v) is 3.92. The number of unbranched alkanes of at least 4 members (excludes halogenated alkanes) is 1. The number of hydrogen-bond donors (Lipinski definition) is 2. The molecule has 2 rings (SSSR count). The van der Waals surface area contributed by atoms with Gasteiger partial charge in [0.15, 0.2) is 0 Å². The Labute approximate surface area is 158 Å². The van der Waals surface area contributed by atoms with Crippen molar-refractivity contribution < 1.29 is 28.6 Å². The van der Waals surface area contributed by atoms with Crippen molar-refractivity contribution in [3.05, 3.63) is 36.3 Å². The smallest absolute Gasteiger partial charge is 0.331 e. The van der Waals surface area contributed by atoms with Crippen LogP contribution in [0, 0.1) is 0 Å². The van der Waals surface area contributed by atoms with E-state index in [4.69, 9.17) is 14.2 Å². The molecule has 0 aliphatic carbocycles. The Kier molecular flexibility index (Phi) is 8.53. The van der Waals surface area contributed by atoms with Gasteiger partial charge in [-0.25, -0.2) is 9.59 Å². The topological polar surface area (TPSA) is 106 Å². The molecule has 0 bridgehead atoms. The zero-order valence-corrected chi connectivity index (χ0v) is 15.2. The molecule has 0 radical (unpaired) electrons. The monoisotopic (exact) mass is 379 g/mol. The van der Waals surface area contributed by atoms with E-state index in [1.165, 1.54) is 6.20 Å². The van der Waals surface area contributed by atoms with Crippen molar-refractivity contribution in [2.45, 2.75) is 12.8 Å². The Morgan fingerprint density at radius 3 is 2.59 bits per heavy atom. The number of nitrogens with one attached hydrogen (secondary N) is 2. The highest BCUT2D eigenvalue weighted by atomic mass is 16.5. The third-order valence-electron chi connectivity index (χ3n) is 3.92. The second-order valence-corrected chi connectivity index (χ2v) is 6.02. The fourth-order valence-corrected chi connectivity index (χ4v) is 2.42. The van der Waals surface area contributed by atoms with Gasteiger partial charge in [0, 0.05) is 31.4 Å². The quantitative estimate of drug-likeness (QED) is 0.323. The lowest BCUT2D eigenvalue weighted by Crippen LogP contribution is -2.36. The van der Waals surface area contributed by atoms with Crippen LogP contribution >= 0.6 is 0 Å². The second kappa shape index (κ2) is 11.1. The van der Waals surface area contributed by atoms with Crippen molar-refractivity contribution in [2.75, 3.05) is 46.1 Å². The lowest BCUT2D eigenvalue weighted by atomic mass is 10.2. The summed E-state index contributed by atoms with van der Waals surface area (Å²) in [6.45, 7) is 7.98. The number of hydrogen-bond acceptors (Lipinski definition) is 8. The molecular formula is C18H25N3O6. The first-order valence-corrected chi connectivity index (χ1v) is 8.82. The Hall–Kier alpha value is -2.65. The first kappa shape index (κ1) is 20.7. The summed E-state index contributed by atoms with van der Waals surface area (Å²) in [7, 11) is 0. The molecule has 9 heteroatoms. The van der Waals surface area contributed by atoms with Gasteiger partial charge in [-0.05, 0) is 19.4 Å². The van der Waals surface area contributed by atoms with Gasteiger partial charge in [-0.1, -0.05) is 6.58 Å². The summed E-state index contributed by atoms with van der Waals surface area (Å²) in [5.74, 6) is -1.39. The van der Waals surface area contributed by atoms with Gasteiger partial charge in [0.05, 0.1) is 25.4 Å². The van der Waals surface area contributed by atoms with Crippen LogP contribution in [0.25, 0.3) is 0 Å². The van der Waals surface area contributed by atoms with Crippen LogP contribution in [0.1, 0.15) is 12.8 Å². The largest absolute Gasteiger partial charge is 0.463 e. The average Bonchev–Trinajstić information content (AvgIpc) is 2.66. The van der Waals surface area contributed by atoms with E-state index in [0.29, 0.717) is 12.4 Å². The molecule has 1 amide bonds. The molecule has 27 heavy (non-hydrogen) atoms. The number of nitrogens with zero attached hydrogens (tertiary/aromatic N) is 1. The molecule has 0 saturated carbocycles. The van der Waals surface area contributed by atoms with Crippen molar-refractivity contribution in [2.24, 2.45) is 0 Å². The van der Waals surface area contributed by atoms with Crippen molar-refractivity contribution in [3.8, 4) is 0 Å². The number of esters is 2. The molecule has 0 aromatic rings. The molecule has 9 nitrogen and oxygen atoms in total. The number of amides is 1. The lowest BCUT2D eigenvalue weighted by molar-refractivity contribution is -0.140. The fourth-order valence-electron chi connectivity index (χ4n) is 2.42. The van der Waals surface area contributed by atoms with Crippen LogP contribution in [0.2, 0.25) is 0 Å². The van der Waals surface area contributed by atoms with Crippen LogP contribution < -0.4 is 10.6 Å². The molecule has 0 aromatic carbocycles. The summed E-state index contributed by atoms with van der Waals surface area (Å²) in [5, 5.41) is 5.16. The van der Waals surface area contributed by atoms with Crippen LogP contribution in [-0.4, -0.2) is 68.8 Å². The van der Waals surface area contributed by atoms with Gasteiger partial charge in [-0.3, -0.25) is 9.69 Å². The maximum atomic E-state index is 11.6. The van der Waals surface area contributed by atoms with Crippen LogP contribution in [0.4, 0.5) is 0 Å². The predicted molar refractivity (Wildman–Crippen MR) is 96.1 cm³/mol. The molecule has 148 valence electrons. The summed E-state index contributed by atoms with van der Waals surface area (Å²) in [5.41, 5.74) is 0.243. The molecule has 2 N–H and O–H groups in total. The number of rotatable bonds is 9. The standard InChI is InChI=1S/C18H25N3O6/c1-14-19-12-15(18(24)20-14)13-27-17(23)5-4-16(22)26-9-3-2-6-21-7-10-25-11-8-21/h4-5,12,19H,1-3,6-11,13H2,(H,20,24)/b5-4+. The van der Waals surface area contributed by atoms with Crippen molar-refractivity contribution in [1.29, 1.82) is 0 Å². The van der Waals surface area contributed by atoms with E-state index in [0.717, 1.165) is 57.8 Å².